The molecule has 1 aromatic rings. The second-order valence-electron chi connectivity index (χ2n) is 2.62. The molecular weight excluding hydrogens is 332 g/mol. The zero-order valence-corrected chi connectivity index (χ0v) is 10.8. The highest BCUT2D eigenvalue weighted by Crippen LogP contribution is 2.33. The molecule has 0 saturated carbocycles. The van der Waals surface area contributed by atoms with Gasteiger partial charge in [0.2, 0.25) is 5.75 Å². The van der Waals surface area contributed by atoms with Crippen LogP contribution in [0.15, 0.2) is 16.9 Å². The lowest BCUT2D eigenvalue weighted by atomic mass is 10.4. The molecule has 0 bridgehead atoms. The summed E-state index contributed by atoms with van der Waals surface area (Å²) in [5.74, 6) is 0.232. The molecule has 0 aliphatic carbocycles. The summed E-state index contributed by atoms with van der Waals surface area (Å²) in [6, 6.07) is 0. The van der Waals surface area contributed by atoms with E-state index in [1.165, 1.54) is 12.4 Å². The smallest absolute Gasteiger partial charge is 0.330 e. The van der Waals surface area contributed by atoms with Crippen LogP contribution in [-0.4, -0.2) is 21.8 Å². The molecule has 0 amide bonds. The van der Waals surface area contributed by atoms with Crippen LogP contribution in [0.2, 0.25) is 0 Å². The third kappa shape index (κ3) is 3.42. The Morgan fingerprint density at radius 2 is 2.27 bits per heavy atom. The first-order valence-corrected chi connectivity index (χ1v) is 6.05. The van der Waals surface area contributed by atoms with Crippen LogP contribution in [-0.2, 0) is 0 Å². The monoisotopic (exact) mass is 338 g/mol. The van der Waals surface area contributed by atoms with Crippen molar-refractivity contribution in [2.75, 3.05) is 11.9 Å². The molecule has 0 unspecified atom stereocenters. The number of ether oxygens (including phenoxy) is 1. The van der Waals surface area contributed by atoms with Gasteiger partial charge in [0.05, 0.1) is 16.0 Å². The summed E-state index contributed by atoms with van der Waals surface area (Å²) in [7, 11) is 0. The lowest BCUT2D eigenvalue weighted by Gasteiger charge is -2.06. The van der Waals surface area contributed by atoms with Crippen molar-refractivity contribution in [2.24, 2.45) is 0 Å². The Bertz CT molecular complexity index is 360. The van der Waals surface area contributed by atoms with Gasteiger partial charge in [-0.3, -0.25) is 15.1 Å². The number of hydrogen-bond donors (Lipinski definition) is 0. The predicted octanol–water partition coefficient (Wildman–Crippen LogP) is 2.92. The number of nitro groups is 1. The zero-order valence-electron chi connectivity index (χ0n) is 7.65. The highest BCUT2D eigenvalue weighted by atomic mass is 79.9. The van der Waals surface area contributed by atoms with Crippen molar-refractivity contribution in [3.63, 3.8) is 0 Å². The fourth-order valence-corrected chi connectivity index (χ4v) is 1.58. The van der Waals surface area contributed by atoms with E-state index in [-0.39, 0.29) is 11.4 Å². The largest absolute Gasteiger partial charge is 0.486 e. The summed E-state index contributed by atoms with van der Waals surface area (Å²) < 4.78 is 5.80. The maximum atomic E-state index is 10.7. The molecule has 0 aliphatic heterocycles. The van der Waals surface area contributed by atoms with Gasteiger partial charge in [0.1, 0.15) is 6.20 Å². The summed E-state index contributed by atoms with van der Waals surface area (Å²) in [6.07, 6.45) is 3.43. The van der Waals surface area contributed by atoms with Crippen molar-refractivity contribution in [3.05, 3.63) is 27.0 Å². The number of halogens is 2. The third-order valence-electron chi connectivity index (χ3n) is 1.56. The molecule has 1 heterocycles. The Kier molecular flexibility index (Phi) is 4.97. The fraction of sp³-hybridized carbons (Fsp3) is 0.375. The lowest BCUT2D eigenvalue weighted by molar-refractivity contribution is -0.386. The van der Waals surface area contributed by atoms with Crippen LogP contribution in [0.5, 0.6) is 5.75 Å². The second-order valence-corrected chi connectivity index (χ2v) is 4.27. The van der Waals surface area contributed by atoms with Crippen LogP contribution in [0.1, 0.15) is 6.42 Å². The van der Waals surface area contributed by atoms with E-state index >= 15 is 0 Å². The number of rotatable bonds is 5. The SMILES string of the molecule is O=[N+]([O-])c1cncc(Br)c1OCCCBr. The number of alkyl halides is 1. The summed E-state index contributed by atoms with van der Waals surface area (Å²) in [5.41, 5.74) is -0.126. The van der Waals surface area contributed by atoms with E-state index in [0.717, 1.165) is 11.8 Å². The van der Waals surface area contributed by atoms with E-state index in [4.69, 9.17) is 4.74 Å². The van der Waals surface area contributed by atoms with Gasteiger partial charge < -0.3 is 4.74 Å². The summed E-state index contributed by atoms with van der Waals surface area (Å²) in [5, 5.41) is 11.5. The van der Waals surface area contributed by atoms with Gasteiger partial charge in [0.15, 0.2) is 0 Å². The molecule has 0 N–H and O–H groups in total. The average molecular weight is 340 g/mol. The van der Waals surface area contributed by atoms with E-state index in [2.05, 4.69) is 36.8 Å². The van der Waals surface area contributed by atoms with Crippen molar-refractivity contribution in [2.45, 2.75) is 6.42 Å². The molecule has 5 nitrogen and oxygen atoms in total. The highest BCUT2D eigenvalue weighted by Gasteiger charge is 2.18. The third-order valence-corrected chi connectivity index (χ3v) is 2.68. The molecule has 1 rings (SSSR count). The Morgan fingerprint density at radius 1 is 1.53 bits per heavy atom. The average Bonchev–Trinajstić information content (AvgIpc) is 2.20. The Labute approximate surface area is 103 Å². The van der Waals surface area contributed by atoms with E-state index < -0.39 is 4.92 Å². The number of nitrogens with zero attached hydrogens (tertiary/aromatic N) is 2. The summed E-state index contributed by atoms with van der Waals surface area (Å²) in [4.78, 5) is 13.9. The van der Waals surface area contributed by atoms with Gasteiger partial charge >= 0.3 is 5.69 Å². The molecule has 7 heteroatoms. The summed E-state index contributed by atoms with van der Waals surface area (Å²) in [6.45, 7) is 0.425. The van der Waals surface area contributed by atoms with Gasteiger partial charge in [-0.25, -0.2) is 0 Å². The molecular formula is C8H8Br2N2O3. The van der Waals surface area contributed by atoms with E-state index in [1.54, 1.807) is 0 Å². The first-order chi connectivity index (χ1) is 7.16. The second kappa shape index (κ2) is 6.02. The Balaban J connectivity index is 2.87. The van der Waals surface area contributed by atoms with Crippen LogP contribution in [0.3, 0.4) is 0 Å². The van der Waals surface area contributed by atoms with Gasteiger partial charge in [0.25, 0.3) is 0 Å². The highest BCUT2D eigenvalue weighted by molar-refractivity contribution is 9.10. The first kappa shape index (κ1) is 12.4. The van der Waals surface area contributed by atoms with E-state index in [0.29, 0.717) is 11.1 Å². The van der Waals surface area contributed by atoms with Crippen molar-refractivity contribution >= 4 is 37.5 Å². The van der Waals surface area contributed by atoms with Crippen LogP contribution < -0.4 is 4.74 Å². The van der Waals surface area contributed by atoms with Crippen LogP contribution >= 0.6 is 31.9 Å². The predicted molar refractivity (Wildman–Crippen MR) is 62.5 cm³/mol. The standard InChI is InChI=1S/C8H8Br2N2O3/c9-2-1-3-15-8-6(10)4-11-5-7(8)12(13)14/h4-5H,1-3H2. The van der Waals surface area contributed by atoms with E-state index in [9.17, 15) is 10.1 Å². The molecule has 0 aliphatic rings. The van der Waals surface area contributed by atoms with Gasteiger partial charge in [-0.05, 0) is 22.4 Å². The van der Waals surface area contributed by atoms with Crippen molar-refractivity contribution < 1.29 is 9.66 Å². The van der Waals surface area contributed by atoms with Crippen molar-refractivity contribution in [1.29, 1.82) is 0 Å². The first-order valence-electron chi connectivity index (χ1n) is 4.13. The molecule has 0 atom stereocenters. The minimum absolute atomic E-state index is 0.126. The number of aromatic nitrogens is 1. The maximum Gasteiger partial charge on any atom is 0.330 e. The fourth-order valence-electron chi connectivity index (χ4n) is 0.915. The van der Waals surface area contributed by atoms with Gasteiger partial charge in [0, 0.05) is 11.5 Å². The van der Waals surface area contributed by atoms with Gasteiger partial charge in [-0.1, -0.05) is 15.9 Å². The Hall–Kier alpha value is -0.690. The molecule has 0 radical (unpaired) electrons. The molecule has 0 fully saturated rings. The quantitative estimate of drug-likeness (QED) is 0.358. The van der Waals surface area contributed by atoms with Gasteiger partial charge in [-0.15, -0.1) is 0 Å². The number of hydrogen-bond acceptors (Lipinski definition) is 4. The Morgan fingerprint density at radius 3 is 2.87 bits per heavy atom. The maximum absolute atomic E-state index is 10.7. The molecule has 0 saturated heterocycles. The zero-order chi connectivity index (χ0) is 11.3. The molecule has 82 valence electrons. The van der Waals surface area contributed by atoms with Crippen molar-refractivity contribution in [1.82, 2.24) is 4.98 Å². The molecule has 1 aromatic heterocycles. The normalized spacial score (nSPS) is 10.0. The van der Waals surface area contributed by atoms with Crippen LogP contribution in [0, 0.1) is 10.1 Å². The minimum atomic E-state index is -0.513. The van der Waals surface area contributed by atoms with Crippen LogP contribution in [0.25, 0.3) is 0 Å². The molecule has 0 spiro atoms. The van der Waals surface area contributed by atoms with Crippen LogP contribution in [0.4, 0.5) is 5.69 Å². The minimum Gasteiger partial charge on any atom is -0.486 e. The summed E-state index contributed by atoms with van der Waals surface area (Å²) >= 11 is 6.41. The van der Waals surface area contributed by atoms with E-state index in [1.807, 2.05) is 0 Å². The molecule has 15 heavy (non-hydrogen) atoms. The topological polar surface area (TPSA) is 65.3 Å². The number of pyridine rings is 1. The van der Waals surface area contributed by atoms with Crippen molar-refractivity contribution in [3.8, 4) is 5.75 Å². The lowest BCUT2D eigenvalue weighted by Crippen LogP contribution is -2.02. The molecule has 0 aromatic carbocycles. The van der Waals surface area contributed by atoms with Gasteiger partial charge in [-0.2, -0.15) is 0 Å².